The summed E-state index contributed by atoms with van der Waals surface area (Å²) in [5.74, 6) is 0. The van der Waals surface area contributed by atoms with Crippen LogP contribution in [0, 0.1) is 0 Å². The Morgan fingerprint density at radius 3 is 2.67 bits per heavy atom. The van der Waals surface area contributed by atoms with Gasteiger partial charge in [0.2, 0.25) is 0 Å². The van der Waals surface area contributed by atoms with Crippen LogP contribution in [0.15, 0.2) is 0 Å². The van der Waals surface area contributed by atoms with Gasteiger partial charge in [0.15, 0.2) is 1.41 Å². The van der Waals surface area contributed by atoms with E-state index in [1.54, 1.807) is 0 Å². The van der Waals surface area contributed by atoms with Crippen molar-refractivity contribution < 1.29 is 5.89 Å². The van der Waals surface area contributed by atoms with Gasteiger partial charge in [-0.2, -0.15) is 5.53 Å². The lowest BCUT2D eigenvalue weighted by atomic mass is 10.7. The van der Waals surface area contributed by atoms with E-state index < -0.39 is 0 Å². The van der Waals surface area contributed by atoms with Crippen molar-refractivity contribution in [3.63, 3.8) is 0 Å². The zero-order valence-corrected chi connectivity index (χ0v) is 5.27. The zero-order chi connectivity index (χ0) is 5.70. The average Bonchev–Trinajstić information content (AvgIpc) is 1.61. The van der Waals surface area contributed by atoms with Crippen LogP contribution < -0.4 is 9.06 Å². The monoisotopic (exact) mass is 205 g/mol. The Kier molecular flexibility index (Phi) is 4.40. The first-order valence-electron chi connectivity index (χ1n) is 1.98. The lowest BCUT2D eigenvalue weighted by Crippen LogP contribution is -2.14. The highest BCUT2D eigenvalue weighted by atomic mass is 127. The van der Waals surface area contributed by atoms with Crippen LogP contribution in [-0.4, -0.2) is 13.1 Å². The van der Waals surface area contributed by atoms with E-state index in [0.29, 0.717) is 6.54 Å². The van der Waals surface area contributed by atoms with Crippen molar-refractivity contribution in [1.29, 1.82) is 0 Å². The summed E-state index contributed by atoms with van der Waals surface area (Å²) >= 11 is 1.89. The van der Waals surface area contributed by atoms with Gasteiger partial charge in [0, 0.05) is 36.0 Å². The number of hydrogen-bond donors (Lipinski definition) is 2. The van der Waals surface area contributed by atoms with Crippen molar-refractivity contribution in [1.82, 2.24) is 9.06 Å². The van der Waals surface area contributed by atoms with Crippen LogP contribution in [0.4, 0.5) is 4.48 Å². The molecule has 0 aliphatic rings. The van der Waals surface area contributed by atoms with Crippen LogP contribution in [0.3, 0.4) is 0 Å². The van der Waals surface area contributed by atoms with Crippen LogP contribution in [0.25, 0.3) is 0 Å². The molecule has 0 spiro atoms. The van der Waals surface area contributed by atoms with Gasteiger partial charge in [-0.25, -0.2) is 0 Å². The van der Waals surface area contributed by atoms with Gasteiger partial charge in [-0.3, -0.25) is 3.53 Å². The fourth-order valence-corrected chi connectivity index (χ4v) is 0.326. The van der Waals surface area contributed by atoms with Crippen molar-refractivity contribution in [2.75, 3.05) is 13.1 Å². The highest BCUT2D eigenvalue weighted by molar-refractivity contribution is 14.1. The predicted octanol–water partition coefficient (Wildman–Crippen LogP) is 0.400. The molecule has 0 bridgehead atoms. The maximum Gasteiger partial charge on any atom is 0.161 e. The summed E-state index contributed by atoms with van der Waals surface area (Å²) < 4.78 is 20.2. The quantitative estimate of drug-likeness (QED) is 0.514. The molecule has 38 valence electrons. The van der Waals surface area contributed by atoms with Gasteiger partial charge in [0.25, 0.3) is 0 Å². The smallest absolute Gasteiger partial charge is 0.161 e. The SMILES string of the molecule is [2H]N(F)CCNI. The number of nitrogens with one attached hydrogen (secondary N) is 2. The summed E-state index contributed by atoms with van der Waals surface area (Å²) in [5, 5.41) is 0. The van der Waals surface area contributed by atoms with E-state index in [0.717, 1.165) is 0 Å². The van der Waals surface area contributed by atoms with Crippen molar-refractivity contribution in [3.05, 3.63) is 0 Å². The first kappa shape index (κ1) is 4.73. The molecule has 0 aromatic carbocycles. The molecule has 0 rings (SSSR count). The number of rotatable bonds is 3. The second-order valence-corrected chi connectivity index (χ2v) is 1.49. The Morgan fingerprint density at radius 2 is 2.50 bits per heavy atom. The second kappa shape index (κ2) is 5.58. The molecule has 0 unspecified atom stereocenters. The first-order valence-corrected chi connectivity index (χ1v) is 2.61. The van der Waals surface area contributed by atoms with Crippen LogP contribution in [0.5, 0.6) is 0 Å². The second-order valence-electron chi connectivity index (χ2n) is 0.727. The van der Waals surface area contributed by atoms with Gasteiger partial charge < -0.3 is 0 Å². The molecule has 4 heteroatoms. The molecular weight excluding hydrogens is 198 g/mol. The fourth-order valence-electron chi connectivity index (χ4n) is 0.0845. The van der Waals surface area contributed by atoms with Crippen LogP contribution in [0.1, 0.15) is 0 Å². The topological polar surface area (TPSA) is 24.1 Å². The predicted molar refractivity (Wildman–Crippen MR) is 31.1 cm³/mol. The van der Waals surface area contributed by atoms with Gasteiger partial charge in [-0.1, -0.05) is 0 Å². The van der Waals surface area contributed by atoms with Gasteiger partial charge in [-0.15, -0.1) is 4.48 Å². The van der Waals surface area contributed by atoms with Crippen molar-refractivity contribution in [2.24, 2.45) is 0 Å². The molecule has 0 fully saturated rings. The average molecular weight is 205 g/mol. The third-order valence-corrected chi connectivity index (χ3v) is 0.830. The van der Waals surface area contributed by atoms with Crippen LogP contribution >= 0.6 is 22.9 Å². The minimum Gasteiger partial charge on any atom is -0.260 e. The lowest BCUT2D eigenvalue weighted by Gasteiger charge is -1.87. The molecule has 0 aromatic heterocycles. The molecule has 0 aliphatic heterocycles. The summed E-state index contributed by atoms with van der Waals surface area (Å²) in [6, 6.07) is 0. The standard InChI is InChI=1S/C2H6FIN2/c3-5-1-2-6-4/h5-6H,1-2H2/i/hD. The van der Waals surface area contributed by atoms with E-state index >= 15 is 0 Å². The van der Waals surface area contributed by atoms with Crippen molar-refractivity contribution >= 4 is 22.9 Å². The molecule has 0 heterocycles. The van der Waals surface area contributed by atoms with Crippen molar-refractivity contribution in [2.45, 2.75) is 0 Å². The summed E-state index contributed by atoms with van der Waals surface area (Å²) in [6.07, 6.45) is 0. The summed E-state index contributed by atoms with van der Waals surface area (Å²) in [4.78, 5) is 0. The molecule has 0 radical (unpaired) electrons. The van der Waals surface area contributed by atoms with E-state index in [-0.39, 0.29) is 12.1 Å². The minimum atomic E-state index is -0.105. The Labute approximate surface area is 51.4 Å². The van der Waals surface area contributed by atoms with Gasteiger partial charge >= 0.3 is 0 Å². The molecule has 0 aliphatic carbocycles. The number of hydrogen-bond acceptors (Lipinski definition) is 2. The normalized spacial score (nSPS) is 12.2. The molecule has 2 N–H and O–H groups in total. The Hall–Kier alpha value is 0.580. The van der Waals surface area contributed by atoms with Gasteiger partial charge in [0.1, 0.15) is 0 Å². The minimum absolute atomic E-state index is 0.105. The lowest BCUT2D eigenvalue weighted by molar-refractivity contribution is 0.339. The Bertz CT molecular complexity index is 44.7. The van der Waals surface area contributed by atoms with E-state index in [1.807, 2.05) is 22.9 Å². The summed E-state index contributed by atoms with van der Waals surface area (Å²) in [7, 11) is 0. The van der Waals surface area contributed by atoms with Gasteiger partial charge in [-0.05, 0) is 0 Å². The van der Waals surface area contributed by atoms with Crippen molar-refractivity contribution in [3.8, 4) is 0 Å². The van der Waals surface area contributed by atoms with E-state index in [4.69, 9.17) is 1.41 Å². The molecule has 0 saturated carbocycles. The molecule has 0 aromatic rings. The van der Waals surface area contributed by atoms with Crippen LogP contribution in [-0.2, 0) is 0 Å². The zero-order valence-electron chi connectivity index (χ0n) is 4.12. The highest BCUT2D eigenvalue weighted by Crippen LogP contribution is 1.64. The molecular formula is C2H6FIN2. The molecule has 0 amide bonds. The van der Waals surface area contributed by atoms with Crippen LogP contribution in [0.2, 0.25) is 1.41 Å². The maximum atomic E-state index is 11.3. The summed E-state index contributed by atoms with van der Waals surface area (Å²) in [6.45, 7) is 0.615. The Balaban J connectivity index is 2.68. The highest BCUT2D eigenvalue weighted by Gasteiger charge is 1.75. The van der Waals surface area contributed by atoms with E-state index in [2.05, 4.69) is 3.53 Å². The largest absolute Gasteiger partial charge is 0.260 e. The summed E-state index contributed by atoms with van der Waals surface area (Å²) in [5.41, 5.74) is -0.105. The molecule has 0 saturated heterocycles. The molecule has 2 nitrogen and oxygen atoms in total. The van der Waals surface area contributed by atoms with Gasteiger partial charge in [0.05, 0.1) is 0 Å². The van der Waals surface area contributed by atoms with E-state index in [1.165, 1.54) is 0 Å². The molecule has 6 heavy (non-hydrogen) atoms. The third-order valence-electron chi connectivity index (χ3n) is 0.291. The third kappa shape index (κ3) is 4.58. The fraction of sp³-hybridized carbons (Fsp3) is 1.00. The maximum absolute atomic E-state index is 11.3. The number of halogens is 2. The van der Waals surface area contributed by atoms with E-state index in [9.17, 15) is 4.48 Å². The Morgan fingerprint density at radius 1 is 1.83 bits per heavy atom. The molecule has 0 atom stereocenters. The first-order chi connectivity index (χ1) is 3.27.